The molecule has 1 N–H and O–H groups in total. The monoisotopic (exact) mass is 377 g/mol. The Morgan fingerprint density at radius 1 is 1.00 bits per heavy atom. The summed E-state index contributed by atoms with van der Waals surface area (Å²) in [5.41, 5.74) is 1.65. The van der Waals surface area contributed by atoms with Crippen LogP contribution in [0.5, 0.6) is 11.5 Å². The van der Waals surface area contributed by atoms with Crippen molar-refractivity contribution in [3.63, 3.8) is 0 Å². The van der Waals surface area contributed by atoms with E-state index in [1.165, 1.54) is 6.07 Å². The summed E-state index contributed by atoms with van der Waals surface area (Å²) in [4.78, 5) is 24.9. The third kappa shape index (κ3) is 2.81. The molecule has 1 fully saturated rings. The number of nitrogens with one attached hydrogen (secondary N) is 1. The Labute approximate surface area is 161 Å². The van der Waals surface area contributed by atoms with Crippen molar-refractivity contribution in [2.45, 2.75) is 38.4 Å². The van der Waals surface area contributed by atoms with Crippen LogP contribution < -0.4 is 20.2 Å². The average Bonchev–Trinajstić information content (AvgIpc) is 3.27. The molecule has 1 aliphatic carbocycles. The predicted molar refractivity (Wildman–Crippen MR) is 104 cm³/mol. The number of fused-ring (bicyclic) bond motifs is 2. The summed E-state index contributed by atoms with van der Waals surface area (Å²) in [6.07, 6.45) is 3.90. The van der Waals surface area contributed by atoms with E-state index in [4.69, 9.17) is 13.9 Å². The van der Waals surface area contributed by atoms with Gasteiger partial charge in [-0.25, -0.2) is 0 Å². The Morgan fingerprint density at radius 2 is 1.79 bits per heavy atom. The minimum absolute atomic E-state index is 0.0358. The van der Waals surface area contributed by atoms with E-state index in [9.17, 15) is 9.59 Å². The smallest absolute Gasteiger partial charge is 0.291 e. The molecule has 1 aliphatic heterocycles. The van der Waals surface area contributed by atoms with Crippen molar-refractivity contribution in [1.82, 2.24) is 0 Å². The van der Waals surface area contributed by atoms with Gasteiger partial charge >= 0.3 is 0 Å². The molecule has 0 unspecified atom stereocenters. The number of benzene rings is 2. The molecule has 28 heavy (non-hydrogen) atoms. The zero-order valence-electron chi connectivity index (χ0n) is 15.4. The minimum Gasteiger partial charge on any atom is -0.451 e. The quantitative estimate of drug-likeness (QED) is 0.716. The van der Waals surface area contributed by atoms with Crippen LogP contribution in [0, 0.1) is 6.92 Å². The van der Waals surface area contributed by atoms with Crippen LogP contribution in [-0.2, 0) is 0 Å². The number of amides is 1. The lowest BCUT2D eigenvalue weighted by Crippen LogP contribution is -2.34. The summed E-state index contributed by atoms with van der Waals surface area (Å²) in [5.74, 6) is 0.233. The summed E-state index contributed by atoms with van der Waals surface area (Å²) >= 11 is 0. The van der Waals surface area contributed by atoms with E-state index < -0.39 is 11.7 Å². The molecule has 6 nitrogen and oxygen atoms in total. The Morgan fingerprint density at radius 3 is 2.61 bits per heavy atom. The molecule has 6 heteroatoms. The summed E-state index contributed by atoms with van der Waals surface area (Å²) in [7, 11) is 0. The van der Waals surface area contributed by atoms with Gasteiger partial charge in [-0.2, -0.15) is 0 Å². The van der Waals surface area contributed by atoms with Crippen molar-refractivity contribution < 1.29 is 18.7 Å². The maximum atomic E-state index is 12.6. The number of carbonyl (C=O) groups is 1. The highest BCUT2D eigenvalue weighted by Crippen LogP contribution is 2.47. The fourth-order valence-corrected chi connectivity index (χ4v) is 3.86. The van der Waals surface area contributed by atoms with Crippen LogP contribution in [0.25, 0.3) is 11.0 Å². The summed E-state index contributed by atoms with van der Waals surface area (Å²) in [6, 6.07) is 11.8. The van der Waals surface area contributed by atoms with Crippen LogP contribution in [-0.4, -0.2) is 11.7 Å². The average molecular weight is 377 g/mol. The SMILES string of the molecule is Cc1ccc2oc(C(=O)Nc3ccc4c(c3)OC3(CCCC3)O4)cc(=O)c2c1. The van der Waals surface area contributed by atoms with Gasteiger partial charge in [0.05, 0.1) is 5.39 Å². The molecule has 1 aromatic heterocycles. The highest BCUT2D eigenvalue weighted by molar-refractivity contribution is 6.03. The van der Waals surface area contributed by atoms with Gasteiger partial charge < -0.3 is 19.2 Å². The third-order valence-electron chi connectivity index (χ3n) is 5.27. The van der Waals surface area contributed by atoms with Crippen LogP contribution in [0.3, 0.4) is 0 Å². The molecule has 2 aromatic carbocycles. The second-order valence-electron chi connectivity index (χ2n) is 7.41. The molecule has 1 amide bonds. The van der Waals surface area contributed by atoms with Crippen molar-refractivity contribution in [3.8, 4) is 11.5 Å². The zero-order chi connectivity index (χ0) is 19.3. The highest BCUT2D eigenvalue weighted by Gasteiger charge is 2.44. The number of hydrogen-bond donors (Lipinski definition) is 1. The molecule has 0 bridgehead atoms. The second kappa shape index (κ2) is 6.12. The fourth-order valence-electron chi connectivity index (χ4n) is 3.86. The number of aryl methyl sites for hydroxylation is 1. The van der Waals surface area contributed by atoms with Gasteiger partial charge in [-0.05, 0) is 44.0 Å². The van der Waals surface area contributed by atoms with Crippen molar-refractivity contribution >= 4 is 22.6 Å². The van der Waals surface area contributed by atoms with Gasteiger partial charge in [-0.3, -0.25) is 9.59 Å². The van der Waals surface area contributed by atoms with Crippen LogP contribution in [0.15, 0.2) is 51.7 Å². The minimum atomic E-state index is -0.547. The maximum Gasteiger partial charge on any atom is 0.291 e. The normalized spacial score (nSPS) is 16.6. The molecule has 1 spiro atoms. The second-order valence-corrected chi connectivity index (χ2v) is 7.41. The maximum absolute atomic E-state index is 12.6. The Balaban J connectivity index is 1.40. The van der Waals surface area contributed by atoms with E-state index in [1.807, 2.05) is 13.0 Å². The molecule has 3 aromatic rings. The molecule has 0 saturated heterocycles. The van der Waals surface area contributed by atoms with Crippen LogP contribution in [0.2, 0.25) is 0 Å². The van der Waals surface area contributed by atoms with Crippen molar-refractivity contribution in [2.75, 3.05) is 5.32 Å². The molecule has 2 heterocycles. The number of carbonyl (C=O) groups excluding carboxylic acids is 1. The van der Waals surface area contributed by atoms with E-state index in [-0.39, 0.29) is 11.2 Å². The van der Waals surface area contributed by atoms with Crippen LogP contribution in [0.1, 0.15) is 41.8 Å². The zero-order valence-corrected chi connectivity index (χ0v) is 15.4. The molecule has 0 radical (unpaired) electrons. The molecule has 2 aliphatic rings. The molecule has 5 rings (SSSR count). The first-order chi connectivity index (χ1) is 13.5. The summed E-state index contributed by atoms with van der Waals surface area (Å²) < 4.78 is 17.6. The van der Waals surface area contributed by atoms with Gasteiger partial charge in [-0.15, -0.1) is 0 Å². The van der Waals surface area contributed by atoms with Crippen molar-refractivity contribution in [2.24, 2.45) is 0 Å². The third-order valence-corrected chi connectivity index (χ3v) is 5.27. The lowest BCUT2D eigenvalue weighted by molar-refractivity contribution is -0.0716. The van der Waals surface area contributed by atoms with Crippen LogP contribution in [0.4, 0.5) is 5.69 Å². The fraction of sp³-hybridized carbons (Fsp3) is 0.273. The van der Waals surface area contributed by atoms with Gasteiger partial charge in [0.2, 0.25) is 0 Å². The Hall–Kier alpha value is -3.28. The lowest BCUT2D eigenvalue weighted by atomic mass is 10.1. The standard InChI is InChI=1S/C22H19NO5/c1-13-4-6-17-15(10-13)16(24)12-20(26-17)21(25)23-14-5-7-18-19(11-14)28-22(27-18)8-2-3-9-22/h4-7,10-12H,2-3,8-9H2,1H3,(H,23,25). The Bertz CT molecular complexity index is 1160. The van der Waals surface area contributed by atoms with E-state index in [1.54, 1.807) is 30.3 Å². The number of hydrogen-bond acceptors (Lipinski definition) is 5. The van der Waals surface area contributed by atoms with E-state index in [0.717, 1.165) is 31.2 Å². The predicted octanol–water partition coefficient (Wildman–Crippen LogP) is 4.40. The van der Waals surface area contributed by atoms with Gasteiger partial charge in [0, 0.05) is 30.7 Å². The van der Waals surface area contributed by atoms with Gasteiger partial charge in [0.15, 0.2) is 22.7 Å². The van der Waals surface area contributed by atoms with Crippen LogP contribution >= 0.6 is 0 Å². The Kier molecular flexibility index (Phi) is 3.69. The van der Waals surface area contributed by atoms with Gasteiger partial charge in [0.1, 0.15) is 5.58 Å². The van der Waals surface area contributed by atoms with Crippen molar-refractivity contribution in [3.05, 3.63) is 64.0 Å². The molecular formula is C22H19NO5. The van der Waals surface area contributed by atoms with Gasteiger partial charge in [-0.1, -0.05) is 11.6 Å². The number of rotatable bonds is 2. The number of anilines is 1. The number of ether oxygens (including phenoxy) is 2. The molecule has 1 saturated carbocycles. The van der Waals surface area contributed by atoms with Crippen molar-refractivity contribution in [1.29, 1.82) is 0 Å². The van der Waals surface area contributed by atoms with E-state index in [2.05, 4.69) is 5.32 Å². The highest BCUT2D eigenvalue weighted by atomic mass is 16.7. The lowest BCUT2D eigenvalue weighted by Gasteiger charge is -2.21. The van der Waals surface area contributed by atoms with E-state index >= 15 is 0 Å². The summed E-state index contributed by atoms with van der Waals surface area (Å²) in [6.45, 7) is 1.90. The first kappa shape index (κ1) is 16.9. The summed E-state index contributed by atoms with van der Waals surface area (Å²) in [5, 5.41) is 3.22. The first-order valence-electron chi connectivity index (χ1n) is 9.39. The molecule has 0 atom stereocenters. The largest absolute Gasteiger partial charge is 0.451 e. The van der Waals surface area contributed by atoms with E-state index in [0.29, 0.717) is 28.2 Å². The van der Waals surface area contributed by atoms with Gasteiger partial charge in [0.25, 0.3) is 11.7 Å². The molecule has 142 valence electrons. The first-order valence-corrected chi connectivity index (χ1v) is 9.39. The topological polar surface area (TPSA) is 77.8 Å². The molecular weight excluding hydrogens is 358 g/mol.